The van der Waals surface area contributed by atoms with Crippen LogP contribution >= 0.6 is 15.9 Å². The van der Waals surface area contributed by atoms with Crippen molar-refractivity contribution in [1.82, 2.24) is 5.32 Å². The predicted molar refractivity (Wildman–Crippen MR) is 72.1 cm³/mol. The molecule has 0 saturated carbocycles. The third-order valence-corrected chi connectivity index (χ3v) is 3.90. The summed E-state index contributed by atoms with van der Waals surface area (Å²) in [5.41, 5.74) is 1.26. The van der Waals surface area contributed by atoms with Gasteiger partial charge in [0.1, 0.15) is 11.5 Å². The third-order valence-electron chi connectivity index (χ3n) is 3.28. The fourth-order valence-electron chi connectivity index (χ4n) is 2.34. The lowest BCUT2D eigenvalue weighted by molar-refractivity contribution is 0.382. The summed E-state index contributed by atoms with van der Waals surface area (Å²) in [5.74, 6) is 2.39. The number of piperidine rings is 1. The van der Waals surface area contributed by atoms with Crippen molar-refractivity contribution in [3.63, 3.8) is 0 Å². The van der Waals surface area contributed by atoms with E-state index in [0.717, 1.165) is 41.9 Å². The van der Waals surface area contributed by atoms with Crippen LogP contribution in [0.25, 0.3) is 0 Å². The molecule has 3 nitrogen and oxygen atoms in total. The Morgan fingerprint density at radius 3 is 2.35 bits per heavy atom. The Morgan fingerprint density at radius 2 is 1.76 bits per heavy atom. The molecule has 1 aliphatic rings. The van der Waals surface area contributed by atoms with E-state index in [4.69, 9.17) is 9.47 Å². The largest absolute Gasteiger partial charge is 0.496 e. The highest BCUT2D eigenvalue weighted by atomic mass is 79.9. The van der Waals surface area contributed by atoms with Crippen LogP contribution in [0.4, 0.5) is 0 Å². The molecule has 1 aromatic rings. The molecule has 1 saturated heterocycles. The summed E-state index contributed by atoms with van der Waals surface area (Å²) in [6, 6.07) is 4.09. The Kier molecular flexibility index (Phi) is 4.29. The van der Waals surface area contributed by atoms with Crippen LogP contribution in [-0.4, -0.2) is 27.3 Å². The lowest BCUT2D eigenvalue weighted by Gasteiger charge is -2.25. The van der Waals surface area contributed by atoms with Gasteiger partial charge in [0.2, 0.25) is 0 Å². The Bertz CT molecular complexity index is 389. The Balaban J connectivity index is 2.35. The summed E-state index contributed by atoms with van der Waals surface area (Å²) in [7, 11) is 3.41. The molecule has 1 aliphatic heterocycles. The topological polar surface area (TPSA) is 30.5 Å². The van der Waals surface area contributed by atoms with Gasteiger partial charge in [-0.3, -0.25) is 0 Å². The maximum Gasteiger partial charge on any atom is 0.133 e. The van der Waals surface area contributed by atoms with Crippen LogP contribution in [0.2, 0.25) is 0 Å². The van der Waals surface area contributed by atoms with Gasteiger partial charge in [0, 0.05) is 5.56 Å². The van der Waals surface area contributed by atoms with Gasteiger partial charge < -0.3 is 14.8 Å². The van der Waals surface area contributed by atoms with Crippen LogP contribution < -0.4 is 14.8 Å². The fraction of sp³-hybridized carbons (Fsp3) is 0.538. The quantitative estimate of drug-likeness (QED) is 0.931. The highest BCUT2D eigenvalue weighted by molar-refractivity contribution is 9.10. The van der Waals surface area contributed by atoms with Gasteiger partial charge in [-0.25, -0.2) is 0 Å². The number of ether oxygens (including phenoxy) is 2. The monoisotopic (exact) mass is 299 g/mol. The first-order valence-electron chi connectivity index (χ1n) is 5.88. The van der Waals surface area contributed by atoms with Crippen molar-refractivity contribution in [2.24, 2.45) is 0 Å². The molecule has 2 rings (SSSR count). The van der Waals surface area contributed by atoms with E-state index in [1.807, 2.05) is 6.07 Å². The van der Waals surface area contributed by atoms with Gasteiger partial charge in [-0.2, -0.15) is 0 Å². The highest BCUT2D eigenvalue weighted by Gasteiger charge is 2.20. The molecule has 0 amide bonds. The second-order valence-corrected chi connectivity index (χ2v) is 5.11. The normalized spacial score (nSPS) is 16.9. The van der Waals surface area contributed by atoms with E-state index < -0.39 is 0 Å². The maximum atomic E-state index is 5.47. The van der Waals surface area contributed by atoms with E-state index in [9.17, 15) is 0 Å². The lowest BCUT2D eigenvalue weighted by atomic mass is 9.89. The lowest BCUT2D eigenvalue weighted by Crippen LogP contribution is -2.26. The van der Waals surface area contributed by atoms with Crippen LogP contribution in [0.1, 0.15) is 24.3 Å². The van der Waals surface area contributed by atoms with Gasteiger partial charge in [0.05, 0.1) is 18.7 Å². The van der Waals surface area contributed by atoms with Gasteiger partial charge in [-0.1, -0.05) is 0 Å². The molecule has 1 N–H and O–H groups in total. The summed E-state index contributed by atoms with van der Waals surface area (Å²) in [4.78, 5) is 0. The molecule has 0 aromatic heterocycles. The average Bonchev–Trinajstić information content (AvgIpc) is 2.39. The molecule has 0 radical (unpaired) electrons. The predicted octanol–water partition coefficient (Wildman–Crippen LogP) is 2.93. The molecule has 0 aliphatic carbocycles. The second kappa shape index (κ2) is 5.74. The molecule has 4 heteroatoms. The number of methoxy groups -OCH3 is 2. The molecule has 1 fully saturated rings. The number of halogens is 1. The Labute approximate surface area is 111 Å². The fourth-order valence-corrected chi connectivity index (χ4v) is 2.82. The van der Waals surface area contributed by atoms with E-state index in [1.54, 1.807) is 14.2 Å². The standard InChI is InChI=1S/C13H18BrNO2/c1-16-12-8-11(14)13(17-2)7-10(12)9-3-5-15-6-4-9/h7-9,15H,3-6H2,1-2H3. The van der Waals surface area contributed by atoms with E-state index in [2.05, 4.69) is 27.3 Å². The van der Waals surface area contributed by atoms with Crippen molar-refractivity contribution in [3.8, 4) is 11.5 Å². The molecule has 0 atom stereocenters. The second-order valence-electron chi connectivity index (χ2n) is 4.25. The summed E-state index contributed by atoms with van der Waals surface area (Å²) in [6.45, 7) is 2.15. The number of hydrogen-bond acceptors (Lipinski definition) is 3. The van der Waals surface area contributed by atoms with Crippen molar-refractivity contribution in [2.45, 2.75) is 18.8 Å². The highest BCUT2D eigenvalue weighted by Crippen LogP contribution is 2.39. The van der Waals surface area contributed by atoms with Crippen LogP contribution in [0.5, 0.6) is 11.5 Å². The first-order valence-corrected chi connectivity index (χ1v) is 6.67. The summed E-state index contributed by atoms with van der Waals surface area (Å²) in [6.07, 6.45) is 2.31. The summed E-state index contributed by atoms with van der Waals surface area (Å²) < 4.78 is 11.8. The Hall–Kier alpha value is -0.740. The number of nitrogens with one attached hydrogen (secondary N) is 1. The molecular weight excluding hydrogens is 282 g/mol. The van der Waals surface area contributed by atoms with E-state index in [1.165, 1.54) is 5.56 Å². The summed E-state index contributed by atoms with van der Waals surface area (Å²) >= 11 is 3.49. The summed E-state index contributed by atoms with van der Waals surface area (Å²) in [5, 5.41) is 3.38. The van der Waals surface area contributed by atoms with Crippen molar-refractivity contribution in [1.29, 1.82) is 0 Å². The van der Waals surface area contributed by atoms with Crippen LogP contribution in [-0.2, 0) is 0 Å². The minimum absolute atomic E-state index is 0.563. The van der Waals surface area contributed by atoms with Crippen LogP contribution in [0, 0.1) is 0 Å². The number of hydrogen-bond donors (Lipinski definition) is 1. The van der Waals surface area contributed by atoms with Crippen molar-refractivity contribution < 1.29 is 9.47 Å². The van der Waals surface area contributed by atoms with Crippen molar-refractivity contribution in [3.05, 3.63) is 22.2 Å². The number of benzene rings is 1. The maximum absolute atomic E-state index is 5.47. The van der Waals surface area contributed by atoms with E-state index in [-0.39, 0.29) is 0 Å². The smallest absolute Gasteiger partial charge is 0.133 e. The first kappa shape index (κ1) is 12.7. The molecule has 0 spiro atoms. The number of rotatable bonds is 3. The van der Waals surface area contributed by atoms with Crippen molar-refractivity contribution in [2.75, 3.05) is 27.3 Å². The molecular formula is C13H18BrNO2. The van der Waals surface area contributed by atoms with Crippen molar-refractivity contribution >= 4 is 15.9 Å². The molecule has 0 bridgehead atoms. The van der Waals surface area contributed by atoms with Crippen LogP contribution in [0.3, 0.4) is 0 Å². The molecule has 1 heterocycles. The molecule has 17 heavy (non-hydrogen) atoms. The van der Waals surface area contributed by atoms with Crippen LogP contribution in [0.15, 0.2) is 16.6 Å². The minimum Gasteiger partial charge on any atom is -0.496 e. The molecule has 94 valence electrons. The SMILES string of the molecule is COc1cc(C2CCNCC2)c(OC)cc1Br. The van der Waals surface area contributed by atoms with Gasteiger partial charge in [-0.15, -0.1) is 0 Å². The zero-order chi connectivity index (χ0) is 12.3. The van der Waals surface area contributed by atoms with Gasteiger partial charge in [0.25, 0.3) is 0 Å². The first-order chi connectivity index (χ1) is 8.26. The van der Waals surface area contributed by atoms with Gasteiger partial charge in [0.15, 0.2) is 0 Å². The van der Waals surface area contributed by atoms with Gasteiger partial charge in [-0.05, 0) is 59.9 Å². The third kappa shape index (κ3) is 2.75. The average molecular weight is 300 g/mol. The zero-order valence-corrected chi connectivity index (χ0v) is 11.8. The van der Waals surface area contributed by atoms with Gasteiger partial charge >= 0.3 is 0 Å². The zero-order valence-electron chi connectivity index (χ0n) is 10.3. The van der Waals surface area contributed by atoms with E-state index in [0.29, 0.717) is 5.92 Å². The Morgan fingerprint density at radius 1 is 1.12 bits per heavy atom. The molecule has 1 aromatic carbocycles. The van der Waals surface area contributed by atoms with E-state index >= 15 is 0 Å². The molecule has 0 unspecified atom stereocenters. The minimum atomic E-state index is 0.563.